The van der Waals surface area contributed by atoms with Crippen molar-refractivity contribution in [3.05, 3.63) is 53.5 Å². The predicted octanol–water partition coefficient (Wildman–Crippen LogP) is 2.58. The van der Waals surface area contributed by atoms with Crippen LogP contribution in [0.25, 0.3) is 5.65 Å². The maximum Gasteiger partial charge on any atom is 0.256 e. The van der Waals surface area contributed by atoms with E-state index in [0.29, 0.717) is 0 Å². The van der Waals surface area contributed by atoms with Gasteiger partial charge in [0, 0.05) is 18.0 Å². The minimum absolute atomic E-state index is 0.0107. The summed E-state index contributed by atoms with van der Waals surface area (Å²) in [6.45, 7) is -0.0610. The molecular weight excluding hydrogens is 385 g/mol. The zero-order valence-corrected chi connectivity index (χ0v) is 15.2. The normalized spacial score (nSPS) is 21.7. The van der Waals surface area contributed by atoms with E-state index in [-0.39, 0.29) is 47.6 Å². The molecule has 2 aliphatic rings. The highest BCUT2D eigenvalue weighted by molar-refractivity contribution is 6.00. The van der Waals surface area contributed by atoms with Crippen LogP contribution in [0, 0.1) is 11.6 Å². The number of amides is 1. The average Bonchev–Trinajstić information content (AvgIpc) is 3.27. The molecule has 29 heavy (non-hydrogen) atoms. The molecule has 3 aromatic rings. The van der Waals surface area contributed by atoms with E-state index in [9.17, 15) is 18.0 Å². The van der Waals surface area contributed by atoms with Crippen LogP contribution in [0.4, 0.5) is 19.1 Å². The smallest absolute Gasteiger partial charge is 0.256 e. The Kier molecular flexibility index (Phi) is 4.14. The highest BCUT2D eigenvalue weighted by atomic mass is 19.1. The molecule has 10 heteroatoms. The Balaban J connectivity index is 1.53. The number of halogens is 3. The lowest BCUT2D eigenvalue weighted by Gasteiger charge is -2.24. The number of carbonyl (C=O) groups excluding carboxylic acids is 1. The molecule has 7 nitrogen and oxygen atoms in total. The van der Waals surface area contributed by atoms with Gasteiger partial charge in [-0.05, 0) is 31.0 Å². The first-order valence-electron chi connectivity index (χ1n) is 9.36. The van der Waals surface area contributed by atoms with Crippen LogP contribution in [0.2, 0.25) is 0 Å². The molecule has 1 aliphatic carbocycles. The fraction of sp³-hybridized carbons (Fsp3) is 0.368. The molecule has 1 saturated heterocycles. The first kappa shape index (κ1) is 17.9. The molecule has 5 rings (SSSR count). The van der Waals surface area contributed by atoms with Gasteiger partial charge in [-0.1, -0.05) is 0 Å². The number of hydrogen-bond donors (Lipinski definition) is 1. The zero-order valence-electron chi connectivity index (χ0n) is 15.2. The largest absolute Gasteiger partial charge is 0.349 e. The second-order valence-corrected chi connectivity index (χ2v) is 7.40. The number of hydrogen-bond acceptors (Lipinski definition) is 5. The number of fused-ring (bicyclic) bond motifs is 1. The summed E-state index contributed by atoms with van der Waals surface area (Å²) in [4.78, 5) is 22.5. The Hall–Kier alpha value is -3.17. The predicted molar refractivity (Wildman–Crippen MR) is 97.2 cm³/mol. The van der Waals surface area contributed by atoms with E-state index in [0.717, 1.165) is 31.0 Å². The second kappa shape index (κ2) is 6.71. The lowest BCUT2D eigenvalue weighted by Crippen LogP contribution is -2.27. The van der Waals surface area contributed by atoms with Gasteiger partial charge in [0.05, 0.1) is 18.8 Å². The fourth-order valence-electron chi connectivity index (χ4n) is 3.64. The van der Waals surface area contributed by atoms with Gasteiger partial charge < -0.3 is 10.2 Å². The van der Waals surface area contributed by atoms with E-state index in [1.54, 1.807) is 0 Å². The first-order chi connectivity index (χ1) is 14.0. The van der Waals surface area contributed by atoms with Crippen molar-refractivity contribution in [2.24, 2.45) is 0 Å². The van der Waals surface area contributed by atoms with Crippen LogP contribution in [0.5, 0.6) is 0 Å². The number of aromatic nitrogens is 4. The molecule has 2 aromatic heterocycles. The molecule has 0 unspecified atom stereocenters. The Labute approximate surface area is 163 Å². The topological polar surface area (TPSA) is 75.4 Å². The molecule has 0 spiro atoms. The summed E-state index contributed by atoms with van der Waals surface area (Å²) >= 11 is 0. The SMILES string of the molecule is O=C(NC1CC1)c1cnn2cnc(N3C[C@@H](F)C[C@@H]3c3cc(F)ccc3F)nc12. The van der Waals surface area contributed by atoms with Crippen molar-refractivity contribution in [1.29, 1.82) is 0 Å². The van der Waals surface area contributed by atoms with E-state index in [4.69, 9.17) is 0 Å². The summed E-state index contributed by atoms with van der Waals surface area (Å²) in [6, 6.07) is 2.52. The lowest BCUT2D eigenvalue weighted by atomic mass is 10.0. The van der Waals surface area contributed by atoms with Crippen LogP contribution < -0.4 is 10.2 Å². The van der Waals surface area contributed by atoms with Gasteiger partial charge in [-0.25, -0.2) is 22.7 Å². The van der Waals surface area contributed by atoms with E-state index < -0.39 is 23.8 Å². The number of anilines is 1. The molecule has 1 saturated carbocycles. The van der Waals surface area contributed by atoms with Crippen LogP contribution >= 0.6 is 0 Å². The van der Waals surface area contributed by atoms with Crippen LogP contribution in [-0.2, 0) is 0 Å². The highest BCUT2D eigenvalue weighted by Gasteiger charge is 2.37. The van der Waals surface area contributed by atoms with Gasteiger partial charge in [0.25, 0.3) is 5.91 Å². The number of nitrogens with zero attached hydrogens (tertiary/aromatic N) is 5. The summed E-state index contributed by atoms with van der Waals surface area (Å²) in [7, 11) is 0. The molecular formula is C19H17F3N6O. The Morgan fingerprint density at radius 2 is 2.07 bits per heavy atom. The second-order valence-electron chi connectivity index (χ2n) is 7.40. The van der Waals surface area contributed by atoms with Crippen molar-refractivity contribution in [2.45, 2.75) is 37.5 Å². The molecule has 0 radical (unpaired) electrons. The van der Waals surface area contributed by atoms with Gasteiger partial charge in [-0.2, -0.15) is 10.1 Å². The average molecular weight is 402 g/mol. The molecule has 1 aliphatic heterocycles. The number of benzene rings is 1. The van der Waals surface area contributed by atoms with Crippen LogP contribution in [-0.4, -0.2) is 44.2 Å². The molecule has 1 aromatic carbocycles. The molecule has 2 atom stereocenters. The number of nitrogens with one attached hydrogen (secondary N) is 1. The molecule has 0 bridgehead atoms. The zero-order chi connectivity index (χ0) is 20.1. The Morgan fingerprint density at radius 3 is 2.86 bits per heavy atom. The van der Waals surface area contributed by atoms with Gasteiger partial charge in [-0.15, -0.1) is 0 Å². The van der Waals surface area contributed by atoms with Crippen molar-refractivity contribution < 1.29 is 18.0 Å². The standard InChI is InChI=1S/C19H17F3N6O/c20-10-1-4-15(22)13(5-10)16-6-11(21)8-27(16)19-23-9-28-17(26-19)14(7-24-28)18(29)25-12-2-3-12/h1,4-5,7,9,11-12,16H,2-3,6,8H2,(H,25,29)/t11-,16+/m0/s1. The van der Waals surface area contributed by atoms with E-state index >= 15 is 0 Å². The number of carbonyl (C=O) groups is 1. The Bertz CT molecular complexity index is 1100. The van der Waals surface area contributed by atoms with Gasteiger partial charge in [0.15, 0.2) is 5.65 Å². The molecule has 1 amide bonds. The van der Waals surface area contributed by atoms with Gasteiger partial charge in [0.2, 0.25) is 5.95 Å². The molecule has 3 heterocycles. The maximum atomic E-state index is 14.3. The minimum Gasteiger partial charge on any atom is -0.349 e. The third-order valence-electron chi connectivity index (χ3n) is 5.24. The van der Waals surface area contributed by atoms with Crippen LogP contribution in [0.15, 0.2) is 30.7 Å². The first-order valence-corrected chi connectivity index (χ1v) is 9.36. The van der Waals surface area contributed by atoms with Gasteiger partial charge in [0.1, 0.15) is 29.7 Å². The third-order valence-corrected chi connectivity index (χ3v) is 5.24. The lowest BCUT2D eigenvalue weighted by molar-refractivity contribution is 0.0952. The summed E-state index contributed by atoms with van der Waals surface area (Å²) in [5, 5.41) is 6.96. The Morgan fingerprint density at radius 1 is 1.24 bits per heavy atom. The van der Waals surface area contributed by atoms with Crippen molar-refractivity contribution in [3.63, 3.8) is 0 Å². The van der Waals surface area contributed by atoms with Gasteiger partial charge >= 0.3 is 0 Å². The van der Waals surface area contributed by atoms with Gasteiger partial charge in [-0.3, -0.25) is 4.79 Å². The van der Waals surface area contributed by atoms with Crippen molar-refractivity contribution in [3.8, 4) is 0 Å². The number of rotatable bonds is 4. The van der Waals surface area contributed by atoms with E-state index in [1.165, 1.54) is 21.9 Å². The molecule has 1 N–H and O–H groups in total. The van der Waals surface area contributed by atoms with E-state index in [2.05, 4.69) is 20.4 Å². The summed E-state index contributed by atoms with van der Waals surface area (Å²) in [5.41, 5.74) is 0.604. The number of alkyl halides is 1. The minimum atomic E-state index is -1.25. The fourth-order valence-corrected chi connectivity index (χ4v) is 3.64. The van der Waals surface area contributed by atoms with Crippen LogP contribution in [0.1, 0.15) is 41.2 Å². The monoisotopic (exact) mass is 402 g/mol. The van der Waals surface area contributed by atoms with Crippen molar-refractivity contribution in [1.82, 2.24) is 24.9 Å². The third kappa shape index (κ3) is 3.28. The quantitative estimate of drug-likeness (QED) is 0.726. The summed E-state index contributed by atoms with van der Waals surface area (Å²) < 4.78 is 43.6. The van der Waals surface area contributed by atoms with Crippen LogP contribution in [0.3, 0.4) is 0 Å². The summed E-state index contributed by atoms with van der Waals surface area (Å²) in [5.74, 6) is -1.38. The van der Waals surface area contributed by atoms with E-state index in [1.807, 2.05) is 0 Å². The maximum absolute atomic E-state index is 14.3. The molecule has 150 valence electrons. The summed E-state index contributed by atoms with van der Waals surface area (Å²) in [6.07, 6.45) is 3.40. The van der Waals surface area contributed by atoms with Crippen molar-refractivity contribution in [2.75, 3.05) is 11.4 Å². The highest BCUT2D eigenvalue weighted by Crippen LogP contribution is 2.37. The van der Waals surface area contributed by atoms with Crippen molar-refractivity contribution >= 4 is 17.5 Å². The molecule has 2 fully saturated rings.